The first-order valence-electron chi connectivity index (χ1n) is 9.87. The number of halogens is 13. The minimum absolute atomic E-state index is 0.113. The highest BCUT2D eigenvalue weighted by atomic mass is 19.4. The molecule has 0 spiro atoms. The molecule has 0 amide bonds. The fraction of sp³-hybridized carbons (Fsp3) is 0.700. The standard InChI is InChI=1S/C20H22F13NO/c1-5-34(6-2)13-10-8-7-9-12(13)14(3,35-4)11-15(21,22)16(23,24)17(25,26)18(27,28)19(29,30)20(31,32)33/h7-10H,5-6,11H2,1-4H3. The van der Waals surface area contributed by atoms with Crippen molar-refractivity contribution in [1.82, 2.24) is 0 Å². The summed E-state index contributed by atoms with van der Waals surface area (Å²) in [7, 11) is 0.706. The van der Waals surface area contributed by atoms with E-state index in [-0.39, 0.29) is 24.3 Å². The number of para-hydroxylation sites is 1. The van der Waals surface area contributed by atoms with Gasteiger partial charge in [-0.3, -0.25) is 0 Å². The molecule has 1 aromatic rings. The van der Waals surface area contributed by atoms with Crippen LogP contribution in [0.25, 0.3) is 0 Å². The molecule has 1 unspecified atom stereocenters. The summed E-state index contributed by atoms with van der Waals surface area (Å²) < 4.78 is 180. The maximum atomic E-state index is 14.6. The Bertz CT molecular complexity index is 865. The molecule has 2 nitrogen and oxygen atoms in total. The second-order valence-corrected chi connectivity index (χ2v) is 7.80. The highest BCUT2D eigenvalue weighted by Crippen LogP contribution is 2.61. The predicted octanol–water partition coefficient (Wildman–Crippen LogP) is 7.52. The lowest BCUT2D eigenvalue weighted by Gasteiger charge is -2.42. The molecule has 0 saturated carbocycles. The number of methoxy groups -OCH3 is 1. The van der Waals surface area contributed by atoms with Crippen LogP contribution in [0.5, 0.6) is 0 Å². The molecule has 1 aromatic carbocycles. The van der Waals surface area contributed by atoms with Crippen molar-refractivity contribution in [1.29, 1.82) is 0 Å². The molecule has 0 N–H and O–H groups in total. The van der Waals surface area contributed by atoms with Crippen LogP contribution >= 0.6 is 0 Å². The summed E-state index contributed by atoms with van der Waals surface area (Å²) in [6.45, 7) is 4.46. The van der Waals surface area contributed by atoms with Crippen LogP contribution in [-0.2, 0) is 10.3 Å². The van der Waals surface area contributed by atoms with Gasteiger partial charge in [0.1, 0.15) is 0 Å². The summed E-state index contributed by atoms with van der Waals surface area (Å²) in [4.78, 5) is 1.52. The van der Waals surface area contributed by atoms with Gasteiger partial charge in [-0.15, -0.1) is 0 Å². The van der Waals surface area contributed by atoms with E-state index in [1.807, 2.05) is 0 Å². The Balaban J connectivity index is 3.63. The van der Waals surface area contributed by atoms with Crippen LogP contribution in [0.4, 0.5) is 62.8 Å². The second-order valence-electron chi connectivity index (χ2n) is 7.80. The van der Waals surface area contributed by atoms with E-state index in [4.69, 9.17) is 4.74 Å². The molecule has 0 aliphatic heterocycles. The molecule has 204 valence electrons. The molecular formula is C20H22F13NO. The maximum Gasteiger partial charge on any atom is 0.460 e. The highest BCUT2D eigenvalue weighted by molar-refractivity contribution is 5.56. The van der Waals surface area contributed by atoms with Gasteiger partial charge in [-0.1, -0.05) is 18.2 Å². The number of rotatable bonds is 11. The molecular weight excluding hydrogens is 517 g/mol. The van der Waals surface area contributed by atoms with E-state index in [2.05, 4.69) is 0 Å². The molecule has 0 bridgehead atoms. The van der Waals surface area contributed by atoms with Gasteiger partial charge in [-0.2, -0.15) is 57.1 Å². The predicted molar refractivity (Wildman–Crippen MR) is 99.8 cm³/mol. The summed E-state index contributed by atoms with van der Waals surface area (Å²) in [5.41, 5.74) is -2.77. The zero-order valence-electron chi connectivity index (χ0n) is 18.7. The highest BCUT2D eigenvalue weighted by Gasteiger charge is 2.90. The monoisotopic (exact) mass is 539 g/mol. The number of hydrogen-bond acceptors (Lipinski definition) is 2. The lowest BCUT2D eigenvalue weighted by Crippen LogP contribution is -2.70. The number of ether oxygens (including phenoxy) is 1. The van der Waals surface area contributed by atoms with Crippen LogP contribution in [0.1, 0.15) is 32.8 Å². The van der Waals surface area contributed by atoms with Gasteiger partial charge in [0, 0.05) is 31.5 Å². The molecule has 0 aliphatic rings. The van der Waals surface area contributed by atoms with E-state index in [9.17, 15) is 57.1 Å². The molecule has 0 aliphatic carbocycles. The summed E-state index contributed by atoms with van der Waals surface area (Å²) in [5.74, 6) is -37.2. The minimum atomic E-state index is -7.94. The number of hydrogen-bond donors (Lipinski definition) is 0. The van der Waals surface area contributed by atoms with Crippen molar-refractivity contribution in [3.05, 3.63) is 29.8 Å². The summed E-state index contributed by atoms with van der Waals surface area (Å²) >= 11 is 0. The number of anilines is 1. The van der Waals surface area contributed by atoms with Crippen molar-refractivity contribution < 1.29 is 61.8 Å². The van der Waals surface area contributed by atoms with Crippen LogP contribution in [-0.4, -0.2) is 56.0 Å². The zero-order valence-corrected chi connectivity index (χ0v) is 18.7. The lowest BCUT2D eigenvalue weighted by atomic mass is 9.83. The van der Waals surface area contributed by atoms with Crippen LogP contribution in [0.2, 0.25) is 0 Å². The van der Waals surface area contributed by atoms with Crippen LogP contribution in [0, 0.1) is 0 Å². The maximum absolute atomic E-state index is 14.6. The van der Waals surface area contributed by atoms with Crippen molar-refractivity contribution in [2.45, 2.75) is 68.6 Å². The largest absolute Gasteiger partial charge is 0.460 e. The third kappa shape index (κ3) is 4.88. The van der Waals surface area contributed by atoms with E-state index >= 15 is 0 Å². The van der Waals surface area contributed by atoms with Crippen LogP contribution in [0.3, 0.4) is 0 Å². The Morgan fingerprint density at radius 2 is 1.11 bits per heavy atom. The van der Waals surface area contributed by atoms with Crippen molar-refractivity contribution in [2.75, 3.05) is 25.1 Å². The van der Waals surface area contributed by atoms with E-state index in [1.165, 1.54) is 23.1 Å². The van der Waals surface area contributed by atoms with Crippen molar-refractivity contribution in [3.8, 4) is 0 Å². The SMILES string of the molecule is CCN(CC)c1ccccc1C(C)(CC(F)(F)C(F)(F)C(F)(F)C(F)(F)C(F)(F)C(F)(F)F)OC. The molecule has 0 aromatic heterocycles. The topological polar surface area (TPSA) is 12.5 Å². The van der Waals surface area contributed by atoms with Gasteiger partial charge in [0.2, 0.25) is 0 Å². The van der Waals surface area contributed by atoms with E-state index in [1.54, 1.807) is 13.8 Å². The third-order valence-corrected chi connectivity index (χ3v) is 5.59. The molecule has 1 atom stereocenters. The van der Waals surface area contributed by atoms with E-state index in [0.717, 1.165) is 13.0 Å². The van der Waals surface area contributed by atoms with Gasteiger partial charge in [0.15, 0.2) is 0 Å². The van der Waals surface area contributed by atoms with Gasteiger partial charge in [0.25, 0.3) is 0 Å². The fourth-order valence-corrected chi connectivity index (χ4v) is 3.37. The van der Waals surface area contributed by atoms with Crippen LogP contribution < -0.4 is 4.90 Å². The van der Waals surface area contributed by atoms with Gasteiger partial charge in [-0.25, -0.2) is 0 Å². The fourth-order valence-electron chi connectivity index (χ4n) is 3.37. The second kappa shape index (κ2) is 9.51. The quantitative estimate of drug-likeness (QED) is 0.270. The Morgan fingerprint density at radius 3 is 1.51 bits per heavy atom. The smallest absolute Gasteiger partial charge is 0.374 e. The van der Waals surface area contributed by atoms with Gasteiger partial charge in [0.05, 0.1) is 12.0 Å². The molecule has 0 saturated heterocycles. The molecule has 15 heteroatoms. The number of alkyl halides is 13. The first-order valence-corrected chi connectivity index (χ1v) is 9.87. The first-order chi connectivity index (χ1) is 15.5. The number of nitrogens with zero attached hydrogens (tertiary/aromatic N) is 1. The average molecular weight is 539 g/mol. The Hall–Kier alpha value is -1.93. The first kappa shape index (κ1) is 31.1. The van der Waals surface area contributed by atoms with Gasteiger partial charge in [-0.05, 0) is 26.8 Å². The zero-order chi connectivity index (χ0) is 27.9. The Kier molecular flexibility index (Phi) is 8.45. The summed E-state index contributed by atoms with van der Waals surface area (Å²) in [5, 5.41) is 0. The van der Waals surface area contributed by atoms with Gasteiger partial charge < -0.3 is 9.64 Å². The molecule has 0 fully saturated rings. The average Bonchev–Trinajstić information content (AvgIpc) is 2.73. The van der Waals surface area contributed by atoms with E-state index < -0.39 is 47.8 Å². The number of benzene rings is 1. The summed E-state index contributed by atoms with van der Waals surface area (Å²) in [6.07, 6.45) is -9.93. The van der Waals surface area contributed by atoms with Crippen molar-refractivity contribution >= 4 is 5.69 Å². The normalized spacial score (nSPS) is 16.3. The molecule has 35 heavy (non-hydrogen) atoms. The summed E-state index contributed by atoms with van der Waals surface area (Å²) in [6, 6.07) is 5.08. The van der Waals surface area contributed by atoms with Crippen molar-refractivity contribution in [3.63, 3.8) is 0 Å². The molecule has 0 radical (unpaired) electrons. The lowest BCUT2D eigenvalue weighted by molar-refractivity contribution is -0.441. The third-order valence-electron chi connectivity index (χ3n) is 5.59. The Labute approximate surface area is 192 Å². The van der Waals surface area contributed by atoms with Crippen molar-refractivity contribution in [2.24, 2.45) is 0 Å². The Morgan fingerprint density at radius 1 is 0.686 bits per heavy atom. The molecule has 0 heterocycles. The molecule has 1 rings (SSSR count). The van der Waals surface area contributed by atoms with Gasteiger partial charge >= 0.3 is 35.8 Å². The minimum Gasteiger partial charge on any atom is -0.374 e. The van der Waals surface area contributed by atoms with E-state index in [0.29, 0.717) is 7.11 Å². The van der Waals surface area contributed by atoms with Crippen LogP contribution in [0.15, 0.2) is 24.3 Å².